The van der Waals surface area contributed by atoms with Gasteiger partial charge in [0.05, 0.1) is 0 Å². The second-order valence-corrected chi connectivity index (χ2v) is 5.30. The molecule has 0 nitrogen and oxygen atoms in total. The summed E-state index contributed by atoms with van der Waals surface area (Å²) in [5.74, 6) is 3.05. The van der Waals surface area contributed by atoms with Crippen molar-refractivity contribution in [1.82, 2.24) is 0 Å². The first kappa shape index (κ1) is 15.0. The van der Waals surface area contributed by atoms with Crippen LogP contribution >= 0.6 is 0 Å². The molecule has 0 heteroatoms. The average Bonchev–Trinajstić information content (AvgIpc) is 2.24. The molecular formula is C15H32. The Hall–Kier alpha value is 0. The van der Waals surface area contributed by atoms with Crippen LogP contribution in [-0.4, -0.2) is 0 Å². The minimum absolute atomic E-state index is 0.910. The molecule has 0 N–H and O–H groups in total. The Bertz CT molecular complexity index is 118. The van der Waals surface area contributed by atoms with Crippen LogP contribution in [-0.2, 0) is 0 Å². The Kier molecular flexibility index (Phi) is 9.24. The van der Waals surface area contributed by atoms with E-state index in [1.165, 1.54) is 44.9 Å². The summed E-state index contributed by atoms with van der Waals surface area (Å²) in [7, 11) is 0. The Labute approximate surface area is 97.8 Å². The monoisotopic (exact) mass is 212 g/mol. The van der Waals surface area contributed by atoms with Crippen LogP contribution in [0.2, 0.25) is 0 Å². The fourth-order valence-electron chi connectivity index (χ4n) is 2.83. The largest absolute Gasteiger partial charge is 0.0683 e. The molecule has 0 aromatic heterocycles. The highest BCUT2D eigenvalue weighted by Gasteiger charge is 2.20. The lowest BCUT2D eigenvalue weighted by atomic mass is 9.77. The minimum Gasteiger partial charge on any atom is -0.0683 e. The van der Waals surface area contributed by atoms with Crippen molar-refractivity contribution < 1.29 is 0 Å². The summed E-state index contributed by atoms with van der Waals surface area (Å²) in [6.45, 7) is 11.0. The minimum atomic E-state index is 0.910. The molecule has 0 aliphatic heterocycles. The molecule has 1 aliphatic carbocycles. The standard InChI is InChI=1S/C13H26.C2H6/c1-4-5-12-6-8-13(9-7-12)10-11(2)3;1-2/h11-13H,4-10H2,1-3H3;1-2H3. The van der Waals surface area contributed by atoms with Crippen LogP contribution in [0.25, 0.3) is 0 Å². The third-order valence-corrected chi connectivity index (χ3v) is 3.47. The van der Waals surface area contributed by atoms with E-state index in [4.69, 9.17) is 0 Å². The second-order valence-electron chi connectivity index (χ2n) is 5.30. The molecule has 1 rings (SSSR count). The highest BCUT2D eigenvalue weighted by atomic mass is 14.3. The summed E-state index contributed by atoms with van der Waals surface area (Å²) >= 11 is 0. The van der Waals surface area contributed by atoms with Gasteiger partial charge in [0.2, 0.25) is 0 Å². The highest BCUT2D eigenvalue weighted by molar-refractivity contribution is 4.73. The molecule has 0 spiro atoms. The van der Waals surface area contributed by atoms with Gasteiger partial charge in [-0.15, -0.1) is 0 Å². The van der Waals surface area contributed by atoms with Crippen molar-refractivity contribution in [1.29, 1.82) is 0 Å². The Balaban J connectivity index is 0.000000921. The third-order valence-electron chi connectivity index (χ3n) is 3.47. The molecule has 1 fully saturated rings. The van der Waals surface area contributed by atoms with Gasteiger partial charge >= 0.3 is 0 Å². The smallest absolute Gasteiger partial charge is 0.0412 e. The SMILES string of the molecule is CC.CCCC1CCC(CC(C)C)CC1. The summed E-state index contributed by atoms with van der Waals surface area (Å²) in [5, 5.41) is 0. The van der Waals surface area contributed by atoms with E-state index in [0.29, 0.717) is 0 Å². The van der Waals surface area contributed by atoms with E-state index >= 15 is 0 Å². The van der Waals surface area contributed by atoms with Crippen LogP contribution < -0.4 is 0 Å². The maximum Gasteiger partial charge on any atom is -0.0412 e. The first-order valence-electron chi connectivity index (χ1n) is 7.22. The van der Waals surface area contributed by atoms with E-state index in [0.717, 1.165) is 17.8 Å². The van der Waals surface area contributed by atoms with Gasteiger partial charge in [0, 0.05) is 0 Å². The summed E-state index contributed by atoms with van der Waals surface area (Å²) < 4.78 is 0. The molecule has 0 aromatic carbocycles. The van der Waals surface area contributed by atoms with Crippen molar-refractivity contribution in [2.45, 2.75) is 79.6 Å². The van der Waals surface area contributed by atoms with Gasteiger partial charge in [-0.2, -0.15) is 0 Å². The molecule has 0 unspecified atom stereocenters. The van der Waals surface area contributed by atoms with E-state index in [9.17, 15) is 0 Å². The van der Waals surface area contributed by atoms with Crippen LogP contribution in [0.5, 0.6) is 0 Å². The second kappa shape index (κ2) is 9.24. The van der Waals surface area contributed by atoms with Crippen molar-refractivity contribution in [3.05, 3.63) is 0 Å². The van der Waals surface area contributed by atoms with Crippen LogP contribution in [0.4, 0.5) is 0 Å². The van der Waals surface area contributed by atoms with Gasteiger partial charge in [-0.1, -0.05) is 73.1 Å². The van der Waals surface area contributed by atoms with E-state index in [1.807, 2.05) is 13.8 Å². The highest BCUT2D eigenvalue weighted by Crippen LogP contribution is 2.34. The zero-order chi connectivity index (χ0) is 11.7. The van der Waals surface area contributed by atoms with E-state index in [1.54, 1.807) is 0 Å². The molecule has 1 saturated carbocycles. The molecule has 0 bridgehead atoms. The number of rotatable bonds is 4. The number of hydrogen-bond acceptors (Lipinski definition) is 0. The molecule has 92 valence electrons. The van der Waals surface area contributed by atoms with Crippen molar-refractivity contribution in [2.24, 2.45) is 17.8 Å². The first-order valence-corrected chi connectivity index (χ1v) is 7.22. The Morgan fingerprint density at radius 1 is 0.933 bits per heavy atom. The molecule has 15 heavy (non-hydrogen) atoms. The quantitative estimate of drug-likeness (QED) is 0.563. The predicted molar refractivity (Wildman–Crippen MR) is 71.2 cm³/mol. The fraction of sp³-hybridized carbons (Fsp3) is 1.00. The topological polar surface area (TPSA) is 0 Å². The lowest BCUT2D eigenvalue weighted by molar-refractivity contribution is 0.235. The van der Waals surface area contributed by atoms with Crippen molar-refractivity contribution in [2.75, 3.05) is 0 Å². The Morgan fingerprint density at radius 3 is 1.80 bits per heavy atom. The van der Waals surface area contributed by atoms with Gasteiger partial charge in [-0.05, 0) is 24.2 Å². The fourth-order valence-corrected chi connectivity index (χ4v) is 2.83. The maximum atomic E-state index is 2.36. The maximum absolute atomic E-state index is 2.36. The van der Waals surface area contributed by atoms with Gasteiger partial charge < -0.3 is 0 Å². The van der Waals surface area contributed by atoms with E-state index in [2.05, 4.69) is 20.8 Å². The number of hydrogen-bond donors (Lipinski definition) is 0. The van der Waals surface area contributed by atoms with Gasteiger partial charge in [0.25, 0.3) is 0 Å². The van der Waals surface area contributed by atoms with Crippen molar-refractivity contribution in [3.63, 3.8) is 0 Å². The molecule has 0 radical (unpaired) electrons. The molecule has 0 aromatic rings. The van der Waals surface area contributed by atoms with E-state index in [-0.39, 0.29) is 0 Å². The molecule has 0 heterocycles. The van der Waals surface area contributed by atoms with Gasteiger partial charge in [0.15, 0.2) is 0 Å². The van der Waals surface area contributed by atoms with Crippen LogP contribution in [0.15, 0.2) is 0 Å². The van der Waals surface area contributed by atoms with Crippen LogP contribution in [0, 0.1) is 17.8 Å². The van der Waals surface area contributed by atoms with Crippen molar-refractivity contribution >= 4 is 0 Å². The molecule has 0 saturated heterocycles. The summed E-state index contributed by atoms with van der Waals surface area (Å²) in [6.07, 6.45) is 10.4. The molecule has 1 aliphatic rings. The summed E-state index contributed by atoms with van der Waals surface area (Å²) in [5.41, 5.74) is 0. The molecule has 0 atom stereocenters. The Morgan fingerprint density at radius 2 is 1.40 bits per heavy atom. The van der Waals surface area contributed by atoms with Crippen LogP contribution in [0.1, 0.15) is 79.6 Å². The zero-order valence-electron chi connectivity index (χ0n) is 11.7. The summed E-state index contributed by atoms with van der Waals surface area (Å²) in [6, 6.07) is 0. The zero-order valence-corrected chi connectivity index (χ0v) is 11.7. The van der Waals surface area contributed by atoms with E-state index < -0.39 is 0 Å². The first-order chi connectivity index (χ1) is 7.22. The lowest BCUT2D eigenvalue weighted by Crippen LogP contribution is -2.15. The lowest BCUT2D eigenvalue weighted by Gasteiger charge is -2.29. The summed E-state index contributed by atoms with van der Waals surface area (Å²) in [4.78, 5) is 0. The molecular weight excluding hydrogens is 180 g/mol. The third kappa shape index (κ3) is 6.98. The van der Waals surface area contributed by atoms with Gasteiger partial charge in [0.1, 0.15) is 0 Å². The predicted octanol–water partition coefficient (Wildman–Crippen LogP) is 5.67. The van der Waals surface area contributed by atoms with Gasteiger partial charge in [-0.25, -0.2) is 0 Å². The van der Waals surface area contributed by atoms with Crippen molar-refractivity contribution in [3.8, 4) is 0 Å². The van der Waals surface area contributed by atoms with Crippen LogP contribution in [0.3, 0.4) is 0 Å². The normalized spacial score (nSPS) is 26.0. The average molecular weight is 212 g/mol. The molecule has 0 amide bonds. The van der Waals surface area contributed by atoms with Gasteiger partial charge in [-0.3, -0.25) is 0 Å².